The van der Waals surface area contributed by atoms with E-state index in [1.807, 2.05) is 0 Å². The third-order valence-corrected chi connectivity index (χ3v) is 3.75. The van der Waals surface area contributed by atoms with E-state index in [-0.39, 0.29) is 17.5 Å². The summed E-state index contributed by atoms with van der Waals surface area (Å²) >= 11 is 0. The molecule has 1 saturated carbocycles. The van der Waals surface area contributed by atoms with Crippen molar-refractivity contribution in [2.24, 2.45) is 11.1 Å². The predicted molar refractivity (Wildman–Crippen MR) is 75.5 cm³/mol. The Bertz CT molecular complexity index is 254. The fourth-order valence-corrected chi connectivity index (χ4v) is 2.52. The second-order valence-corrected chi connectivity index (χ2v) is 6.45. The molecule has 4 heteroatoms. The monoisotopic (exact) mass is 255 g/mol. The first-order chi connectivity index (χ1) is 8.43. The highest BCUT2D eigenvalue weighted by molar-refractivity contribution is 5.74. The number of rotatable bonds is 4. The first kappa shape index (κ1) is 15.3. The summed E-state index contributed by atoms with van der Waals surface area (Å²) in [5.41, 5.74) is 5.66. The fraction of sp³-hybridized carbons (Fsp3) is 0.929. The zero-order valence-electron chi connectivity index (χ0n) is 12.1. The van der Waals surface area contributed by atoms with Gasteiger partial charge in [-0.05, 0) is 31.2 Å². The molecule has 0 aromatic carbocycles. The van der Waals surface area contributed by atoms with Gasteiger partial charge in [-0.15, -0.1) is 0 Å². The minimum absolute atomic E-state index is 0.0322. The molecule has 1 aliphatic carbocycles. The van der Waals surface area contributed by atoms with Crippen LogP contribution in [0.25, 0.3) is 0 Å². The summed E-state index contributed by atoms with van der Waals surface area (Å²) in [5.74, 6) is 0. The van der Waals surface area contributed by atoms with Crippen LogP contribution in [0.3, 0.4) is 0 Å². The lowest BCUT2D eigenvalue weighted by Crippen LogP contribution is -2.51. The maximum atomic E-state index is 12.0. The molecular weight excluding hydrogens is 226 g/mol. The quantitative estimate of drug-likeness (QED) is 0.722. The average molecular weight is 255 g/mol. The number of carbonyl (C=O) groups excluding carboxylic acids is 1. The van der Waals surface area contributed by atoms with Crippen molar-refractivity contribution in [2.75, 3.05) is 6.54 Å². The summed E-state index contributed by atoms with van der Waals surface area (Å²) in [7, 11) is 0. The highest BCUT2D eigenvalue weighted by Gasteiger charge is 2.26. The van der Waals surface area contributed by atoms with E-state index in [0.29, 0.717) is 12.6 Å². The van der Waals surface area contributed by atoms with Crippen molar-refractivity contribution in [1.29, 1.82) is 0 Å². The van der Waals surface area contributed by atoms with Gasteiger partial charge < -0.3 is 16.4 Å². The molecule has 1 atom stereocenters. The summed E-state index contributed by atoms with van der Waals surface area (Å²) in [6, 6.07) is 0.457. The SMILES string of the molecule is CC(C)(C)C(CCN)NC(=O)NC1CCCCC1. The maximum absolute atomic E-state index is 12.0. The van der Waals surface area contributed by atoms with E-state index in [2.05, 4.69) is 31.4 Å². The number of nitrogens with two attached hydrogens (primary N) is 1. The molecular formula is C14H29N3O. The van der Waals surface area contributed by atoms with Gasteiger partial charge in [-0.1, -0.05) is 40.0 Å². The van der Waals surface area contributed by atoms with Gasteiger partial charge in [-0.25, -0.2) is 4.79 Å². The molecule has 0 saturated heterocycles. The Morgan fingerprint density at radius 1 is 1.28 bits per heavy atom. The van der Waals surface area contributed by atoms with Gasteiger partial charge in [0.2, 0.25) is 0 Å². The lowest BCUT2D eigenvalue weighted by Gasteiger charge is -2.32. The van der Waals surface area contributed by atoms with Crippen LogP contribution < -0.4 is 16.4 Å². The third kappa shape index (κ3) is 5.25. The predicted octanol–water partition coefficient (Wildman–Crippen LogP) is 2.38. The second kappa shape index (κ2) is 6.98. The molecule has 1 fully saturated rings. The molecule has 18 heavy (non-hydrogen) atoms. The number of hydrogen-bond donors (Lipinski definition) is 3. The Morgan fingerprint density at radius 2 is 1.89 bits per heavy atom. The molecule has 0 heterocycles. The van der Waals surface area contributed by atoms with Crippen LogP contribution in [0.1, 0.15) is 59.3 Å². The van der Waals surface area contributed by atoms with Crippen LogP contribution in [-0.2, 0) is 0 Å². The van der Waals surface area contributed by atoms with Crippen LogP contribution >= 0.6 is 0 Å². The van der Waals surface area contributed by atoms with Crippen molar-refractivity contribution >= 4 is 6.03 Å². The minimum Gasteiger partial charge on any atom is -0.335 e. The highest BCUT2D eigenvalue weighted by Crippen LogP contribution is 2.21. The van der Waals surface area contributed by atoms with Gasteiger partial charge in [0.25, 0.3) is 0 Å². The molecule has 4 nitrogen and oxygen atoms in total. The number of urea groups is 1. The van der Waals surface area contributed by atoms with Crippen molar-refractivity contribution in [3.05, 3.63) is 0 Å². The summed E-state index contributed by atoms with van der Waals surface area (Å²) in [6.45, 7) is 7.00. The Morgan fingerprint density at radius 3 is 2.39 bits per heavy atom. The fourth-order valence-electron chi connectivity index (χ4n) is 2.52. The van der Waals surface area contributed by atoms with E-state index in [0.717, 1.165) is 19.3 Å². The summed E-state index contributed by atoms with van der Waals surface area (Å²) in [5, 5.41) is 6.16. The van der Waals surface area contributed by atoms with Gasteiger partial charge in [0.05, 0.1) is 0 Å². The number of hydrogen-bond acceptors (Lipinski definition) is 2. The van der Waals surface area contributed by atoms with Crippen molar-refractivity contribution in [3.63, 3.8) is 0 Å². The Kier molecular flexibility index (Phi) is 5.93. The standard InChI is InChI=1S/C14H29N3O/c1-14(2,3)12(9-10-15)17-13(18)16-11-7-5-4-6-8-11/h11-12H,4-10,15H2,1-3H3,(H2,16,17,18). The minimum atomic E-state index is -0.0322. The van der Waals surface area contributed by atoms with Crippen LogP contribution in [0, 0.1) is 5.41 Å². The van der Waals surface area contributed by atoms with Crippen molar-refractivity contribution in [2.45, 2.75) is 71.4 Å². The lowest BCUT2D eigenvalue weighted by atomic mass is 9.85. The van der Waals surface area contributed by atoms with E-state index in [9.17, 15) is 4.79 Å². The van der Waals surface area contributed by atoms with E-state index in [1.54, 1.807) is 0 Å². The Hall–Kier alpha value is -0.770. The largest absolute Gasteiger partial charge is 0.335 e. The zero-order chi connectivity index (χ0) is 13.6. The van der Waals surface area contributed by atoms with Crippen LogP contribution in [0.5, 0.6) is 0 Å². The summed E-state index contributed by atoms with van der Waals surface area (Å²) in [6.07, 6.45) is 6.82. The Labute approximate surface area is 111 Å². The first-order valence-electron chi connectivity index (χ1n) is 7.20. The van der Waals surface area contributed by atoms with Crippen LogP contribution in [0.2, 0.25) is 0 Å². The highest BCUT2D eigenvalue weighted by atomic mass is 16.2. The smallest absolute Gasteiger partial charge is 0.315 e. The van der Waals surface area contributed by atoms with Gasteiger partial charge in [0, 0.05) is 12.1 Å². The average Bonchev–Trinajstić information content (AvgIpc) is 2.28. The summed E-state index contributed by atoms with van der Waals surface area (Å²) < 4.78 is 0. The molecule has 0 aliphatic heterocycles. The van der Waals surface area contributed by atoms with Crippen molar-refractivity contribution in [1.82, 2.24) is 10.6 Å². The first-order valence-corrected chi connectivity index (χ1v) is 7.20. The van der Waals surface area contributed by atoms with Crippen LogP contribution in [0.4, 0.5) is 4.79 Å². The molecule has 0 spiro atoms. The van der Waals surface area contributed by atoms with Gasteiger partial charge in [-0.2, -0.15) is 0 Å². The lowest BCUT2D eigenvalue weighted by molar-refractivity contribution is 0.208. The number of amides is 2. The second-order valence-electron chi connectivity index (χ2n) is 6.45. The molecule has 0 radical (unpaired) electrons. The molecule has 106 valence electrons. The third-order valence-electron chi connectivity index (χ3n) is 3.75. The van der Waals surface area contributed by atoms with E-state index in [1.165, 1.54) is 19.3 Å². The molecule has 1 aliphatic rings. The van der Waals surface area contributed by atoms with Crippen molar-refractivity contribution < 1.29 is 4.79 Å². The van der Waals surface area contributed by atoms with Gasteiger partial charge in [-0.3, -0.25) is 0 Å². The summed E-state index contributed by atoms with van der Waals surface area (Å²) in [4.78, 5) is 12.0. The normalized spacial score (nSPS) is 19.3. The van der Waals surface area contributed by atoms with Gasteiger partial charge in [0.1, 0.15) is 0 Å². The van der Waals surface area contributed by atoms with Crippen LogP contribution in [-0.4, -0.2) is 24.7 Å². The number of nitrogens with one attached hydrogen (secondary N) is 2. The van der Waals surface area contributed by atoms with Gasteiger partial charge >= 0.3 is 6.03 Å². The molecule has 4 N–H and O–H groups in total. The van der Waals surface area contributed by atoms with Crippen molar-refractivity contribution in [3.8, 4) is 0 Å². The zero-order valence-corrected chi connectivity index (χ0v) is 12.1. The van der Waals surface area contributed by atoms with E-state index < -0.39 is 0 Å². The molecule has 1 unspecified atom stereocenters. The maximum Gasteiger partial charge on any atom is 0.315 e. The Balaban J connectivity index is 2.40. The van der Waals surface area contributed by atoms with E-state index >= 15 is 0 Å². The van der Waals surface area contributed by atoms with Gasteiger partial charge in [0.15, 0.2) is 0 Å². The molecule has 0 aromatic heterocycles. The topological polar surface area (TPSA) is 67.1 Å². The molecule has 0 aromatic rings. The molecule has 1 rings (SSSR count). The number of carbonyl (C=O) groups is 1. The van der Waals surface area contributed by atoms with E-state index in [4.69, 9.17) is 5.73 Å². The van der Waals surface area contributed by atoms with Crippen LogP contribution in [0.15, 0.2) is 0 Å². The molecule has 2 amide bonds. The molecule has 0 bridgehead atoms.